The molecule has 1 amide bonds. The molecule has 4 nitrogen and oxygen atoms in total. The first-order valence-electron chi connectivity index (χ1n) is 8.61. The molecule has 1 N–H and O–H groups in total. The number of rotatable bonds is 7. The lowest BCUT2D eigenvalue weighted by Gasteiger charge is -2.13. The van der Waals surface area contributed by atoms with Crippen molar-refractivity contribution in [1.29, 1.82) is 0 Å². The molecule has 0 atom stereocenters. The molecule has 0 bridgehead atoms. The molecule has 2 rings (SSSR count). The fraction of sp³-hybridized carbons (Fsp3) is 0.333. The summed E-state index contributed by atoms with van der Waals surface area (Å²) in [6, 6.07) is 15.9. The lowest BCUT2D eigenvalue weighted by Crippen LogP contribution is -2.24. The maximum atomic E-state index is 11.9. The van der Waals surface area contributed by atoms with Crippen molar-refractivity contribution in [3.63, 3.8) is 0 Å². The maximum Gasteiger partial charge on any atom is 0.277 e. The molecule has 0 saturated carbocycles. The zero-order valence-electron chi connectivity index (χ0n) is 15.3. The Bertz CT molecular complexity index is 719. The van der Waals surface area contributed by atoms with Crippen molar-refractivity contribution in [2.45, 2.75) is 39.5 Å². The minimum atomic E-state index is -0.284. The number of carbonyl (C=O) groups excluding carboxylic acids is 1. The quantitative estimate of drug-likeness (QED) is 0.598. The molecule has 0 fully saturated rings. The molecule has 0 radical (unpaired) electrons. The Morgan fingerprint density at radius 1 is 1.04 bits per heavy atom. The average molecular weight is 338 g/mol. The second-order valence-corrected chi connectivity index (χ2v) is 6.60. The number of hydrazone groups is 1. The first-order chi connectivity index (χ1) is 12.0. The highest BCUT2D eigenvalue weighted by atomic mass is 16.5. The van der Waals surface area contributed by atoms with Crippen molar-refractivity contribution in [3.8, 4) is 5.75 Å². The summed E-state index contributed by atoms with van der Waals surface area (Å²) in [5, 5.41) is 3.98. The van der Waals surface area contributed by atoms with E-state index in [2.05, 4.69) is 50.4 Å². The van der Waals surface area contributed by atoms with Crippen molar-refractivity contribution in [2.75, 3.05) is 6.61 Å². The third-order valence-electron chi connectivity index (χ3n) is 3.91. The van der Waals surface area contributed by atoms with E-state index in [0.717, 1.165) is 16.9 Å². The second-order valence-electron chi connectivity index (χ2n) is 6.60. The van der Waals surface area contributed by atoms with Crippen LogP contribution in [0.5, 0.6) is 5.75 Å². The van der Waals surface area contributed by atoms with Crippen molar-refractivity contribution in [3.05, 3.63) is 65.2 Å². The number of benzene rings is 2. The fourth-order valence-electron chi connectivity index (χ4n) is 2.41. The van der Waals surface area contributed by atoms with E-state index in [1.807, 2.05) is 36.4 Å². The van der Waals surface area contributed by atoms with E-state index in [1.54, 1.807) is 6.21 Å². The number of amides is 1. The van der Waals surface area contributed by atoms with Crippen LogP contribution >= 0.6 is 0 Å². The first kappa shape index (κ1) is 18.7. The van der Waals surface area contributed by atoms with Gasteiger partial charge in [0.25, 0.3) is 5.91 Å². The van der Waals surface area contributed by atoms with E-state index >= 15 is 0 Å². The average Bonchev–Trinajstić information content (AvgIpc) is 2.60. The number of nitrogens with one attached hydrogen (secondary N) is 1. The largest absolute Gasteiger partial charge is 0.483 e. The van der Waals surface area contributed by atoms with E-state index < -0.39 is 0 Å². The van der Waals surface area contributed by atoms with Gasteiger partial charge in [0, 0.05) is 0 Å². The highest BCUT2D eigenvalue weighted by molar-refractivity contribution is 5.83. The van der Waals surface area contributed by atoms with Gasteiger partial charge in [-0.3, -0.25) is 4.79 Å². The van der Waals surface area contributed by atoms with Gasteiger partial charge in [-0.05, 0) is 34.6 Å². The first-order valence-corrected chi connectivity index (χ1v) is 8.61. The molecule has 0 aliphatic heterocycles. The molecule has 25 heavy (non-hydrogen) atoms. The highest BCUT2D eigenvalue weighted by Gasteiger charge is 2.08. The number of ether oxygens (including phenoxy) is 1. The summed E-state index contributed by atoms with van der Waals surface area (Å²) in [5.41, 5.74) is 5.80. The van der Waals surface area contributed by atoms with Crippen LogP contribution in [0.4, 0.5) is 0 Å². The van der Waals surface area contributed by atoms with Crippen LogP contribution in [0.3, 0.4) is 0 Å². The molecule has 0 saturated heterocycles. The van der Waals surface area contributed by atoms with Gasteiger partial charge in [0.15, 0.2) is 6.61 Å². The molecule has 0 unspecified atom stereocenters. The van der Waals surface area contributed by atoms with Gasteiger partial charge in [-0.15, -0.1) is 0 Å². The SMILES string of the molecule is CC(C)c1ccc(C=NNC(=O)COc2ccccc2C(C)C)cc1. The number of nitrogens with zero attached hydrogens (tertiary/aromatic N) is 1. The maximum absolute atomic E-state index is 11.9. The molecule has 0 aromatic heterocycles. The van der Waals surface area contributed by atoms with Crippen LogP contribution in [-0.2, 0) is 4.79 Å². The molecule has 4 heteroatoms. The van der Waals surface area contributed by atoms with Gasteiger partial charge >= 0.3 is 0 Å². The van der Waals surface area contributed by atoms with Crippen LogP contribution in [0.25, 0.3) is 0 Å². The van der Waals surface area contributed by atoms with Gasteiger partial charge < -0.3 is 4.74 Å². The Morgan fingerprint density at radius 3 is 2.36 bits per heavy atom. The summed E-state index contributed by atoms with van der Waals surface area (Å²) < 4.78 is 5.62. The minimum Gasteiger partial charge on any atom is -0.483 e. The molecular weight excluding hydrogens is 312 g/mol. The van der Waals surface area contributed by atoms with E-state index in [4.69, 9.17) is 4.74 Å². The van der Waals surface area contributed by atoms with Crippen LogP contribution in [0, 0.1) is 0 Å². The molecular formula is C21H26N2O2. The predicted octanol–water partition coefficient (Wildman–Crippen LogP) is 4.46. The summed E-state index contributed by atoms with van der Waals surface area (Å²) >= 11 is 0. The van der Waals surface area contributed by atoms with E-state index in [0.29, 0.717) is 11.8 Å². The van der Waals surface area contributed by atoms with Crippen LogP contribution < -0.4 is 10.2 Å². The zero-order chi connectivity index (χ0) is 18.2. The second kappa shape index (κ2) is 9.02. The molecule has 0 spiro atoms. The van der Waals surface area contributed by atoms with Crippen molar-refractivity contribution in [2.24, 2.45) is 5.10 Å². The Kier molecular flexibility index (Phi) is 6.75. The van der Waals surface area contributed by atoms with E-state index in [9.17, 15) is 4.79 Å². The van der Waals surface area contributed by atoms with Crippen molar-refractivity contribution in [1.82, 2.24) is 5.43 Å². The number of carbonyl (C=O) groups is 1. The molecule has 2 aromatic carbocycles. The molecule has 0 aliphatic carbocycles. The Morgan fingerprint density at radius 2 is 1.72 bits per heavy atom. The van der Waals surface area contributed by atoms with Gasteiger partial charge in [0.2, 0.25) is 0 Å². The monoisotopic (exact) mass is 338 g/mol. The summed E-state index contributed by atoms with van der Waals surface area (Å²) in [7, 11) is 0. The van der Waals surface area contributed by atoms with Crippen LogP contribution in [0.2, 0.25) is 0 Å². The normalized spacial score (nSPS) is 11.3. The summed E-state index contributed by atoms with van der Waals surface area (Å²) in [6.07, 6.45) is 1.63. The lowest BCUT2D eigenvalue weighted by atomic mass is 10.0. The van der Waals surface area contributed by atoms with Gasteiger partial charge in [-0.1, -0.05) is 70.2 Å². The van der Waals surface area contributed by atoms with Gasteiger partial charge in [-0.25, -0.2) is 5.43 Å². The van der Waals surface area contributed by atoms with Crippen LogP contribution in [0.15, 0.2) is 53.6 Å². The number of para-hydroxylation sites is 1. The van der Waals surface area contributed by atoms with E-state index in [1.165, 1.54) is 5.56 Å². The molecule has 0 heterocycles. The van der Waals surface area contributed by atoms with Gasteiger partial charge in [0.05, 0.1) is 6.21 Å². The Labute approximate surface area is 149 Å². The fourth-order valence-corrected chi connectivity index (χ4v) is 2.41. The van der Waals surface area contributed by atoms with Crippen molar-refractivity contribution < 1.29 is 9.53 Å². The minimum absolute atomic E-state index is 0.0621. The van der Waals surface area contributed by atoms with Crippen LogP contribution in [0.1, 0.15) is 56.2 Å². The third-order valence-corrected chi connectivity index (χ3v) is 3.91. The summed E-state index contributed by atoms with van der Waals surface area (Å²) in [6.45, 7) is 8.43. The zero-order valence-corrected chi connectivity index (χ0v) is 15.3. The molecule has 2 aromatic rings. The molecule has 0 aliphatic rings. The smallest absolute Gasteiger partial charge is 0.277 e. The Hall–Kier alpha value is -2.62. The standard InChI is InChI=1S/C21H26N2O2/c1-15(2)18-11-9-17(10-12-18)13-22-23-21(24)14-25-20-8-6-5-7-19(20)16(3)4/h5-13,15-16H,14H2,1-4H3,(H,23,24). The van der Waals surface area contributed by atoms with E-state index in [-0.39, 0.29) is 12.5 Å². The predicted molar refractivity (Wildman–Crippen MR) is 102 cm³/mol. The number of hydrogen-bond donors (Lipinski definition) is 1. The third kappa shape index (κ3) is 5.75. The molecule has 132 valence electrons. The summed E-state index contributed by atoms with van der Waals surface area (Å²) in [5.74, 6) is 1.29. The van der Waals surface area contributed by atoms with Crippen molar-refractivity contribution >= 4 is 12.1 Å². The number of hydrogen-bond acceptors (Lipinski definition) is 3. The lowest BCUT2D eigenvalue weighted by molar-refractivity contribution is -0.123. The van der Waals surface area contributed by atoms with Crippen LogP contribution in [-0.4, -0.2) is 18.7 Å². The summed E-state index contributed by atoms with van der Waals surface area (Å²) in [4.78, 5) is 11.9. The van der Waals surface area contributed by atoms with Gasteiger partial charge in [0.1, 0.15) is 5.75 Å². The highest BCUT2D eigenvalue weighted by Crippen LogP contribution is 2.25. The topological polar surface area (TPSA) is 50.7 Å². The van der Waals surface area contributed by atoms with Gasteiger partial charge in [-0.2, -0.15) is 5.10 Å². The Balaban J connectivity index is 1.84.